The lowest BCUT2D eigenvalue weighted by molar-refractivity contribution is -0.125. The van der Waals surface area contributed by atoms with Gasteiger partial charge in [-0.1, -0.05) is 13.0 Å². The van der Waals surface area contributed by atoms with E-state index in [1.807, 2.05) is 13.0 Å². The fourth-order valence-corrected chi connectivity index (χ4v) is 1.82. The van der Waals surface area contributed by atoms with Gasteiger partial charge in [-0.25, -0.2) is 0 Å². The van der Waals surface area contributed by atoms with Crippen molar-refractivity contribution < 1.29 is 4.79 Å². The van der Waals surface area contributed by atoms with E-state index in [1.54, 1.807) is 0 Å². The SMILES string of the molecule is C=CCC(C)NC(=O)C1CNCC1C. The molecule has 0 bridgehead atoms. The van der Waals surface area contributed by atoms with Crippen molar-refractivity contribution in [1.29, 1.82) is 0 Å². The molecule has 80 valence electrons. The van der Waals surface area contributed by atoms with E-state index in [2.05, 4.69) is 24.1 Å². The Morgan fingerprint density at radius 2 is 2.43 bits per heavy atom. The molecule has 0 saturated carbocycles. The van der Waals surface area contributed by atoms with Crippen molar-refractivity contribution in [2.24, 2.45) is 11.8 Å². The third-order valence-corrected chi connectivity index (χ3v) is 2.76. The molecule has 3 unspecified atom stereocenters. The number of hydrogen-bond donors (Lipinski definition) is 2. The summed E-state index contributed by atoms with van der Waals surface area (Å²) in [6, 6.07) is 0.202. The van der Waals surface area contributed by atoms with Crippen LogP contribution in [-0.4, -0.2) is 25.0 Å². The number of carbonyl (C=O) groups is 1. The summed E-state index contributed by atoms with van der Waals surface area (Å²) in [5.74, 6) is 0.769. The van der Waals surface area contributed by atoms with Gasteiger partial charge in [0.25, 0.3) is 0 Å². The summed E-state index contributed by atoms with van der Waals surface area (Å²) in [7, 11) is 0. The summed E-state index contributed by atoms with van der Waals surface area (Å²) in [5, 5.41) is 6.23. The van der Waals surface area contributed by atoms with Crippen LogP contribution in [0.5, 0.6) is 0 Å². The normalized spacial score (nSPS) is 28.4. The van der Waals surface area contributed by atoms with Crippen molar-refractivity contribution in [3.8, 4) is 0 Å². The van der Waals surface area contributed by atoms with Crippen LogP contribution in [0.15, 0.2) is 12.7 Å². The molecule has 0 radical (unpaired) electrons. The molecule has 1 fully saturated rings. The highest BCUT2D eigenvalue weighted by molar-refractivity contribution is 5.79. The van der Waals surface area contributed by atoms with Gasteiger partial charge in [0.2, 0.25) is 5.91 Å². The summed E-state index contributed by atoms with van der Waals surface area (Å²) < 4.78 is 0. The highest BCUT2D eigenvalue weighted by Gasteiger charge is 2.29. The van der Waals surface area contributed by atoms with Gasteiger partial charge in [0.15, 0.2) is 0 Å². The van der Waals surface area contributed by atoms with E-state index in [0.717, 1.165) is 19.5 Å². The van der Waals surface area contributed by atoms with E-state index < -0.39 is 0 Å². The highest BCUT2D eigenvalue weighted by Crippen LogP contribution is 2.15. The molecule has 1 aliphatic rings. The Balaban J connectivity index is 2.37. The minimum absolute atomic E-state index is 0.141. The number of amides is 1. The number of nitrogens with one attached hydrogen (secondary N) is 2. The smallest absolute Gasteiger partial charge is 0.224 e. The maximum absolute atomic E-state index is 11.8. The van der Waals surface area contributed by atoms with Crippen molar-refractivity contribution >= 4 is 5.91 Å². The van der Waals surface area contributed by atoms with Gasteiger partial charge in [0, 0.05) is 12.6 Å². The molecule has 0 aromatic rings. The molecule has 0 aromatic heterocycles. The van der Waals surface area contributed by atoms with E-state index in [9.17, 15) is 4.79 Å². The summed E-state index contributed by atoms with van der Waals surface area (Å²) in [4.78, 5) is 11.8. The van der Waals surface area contributed by atoms with Crippen molar-refractivity contribution in [2.75, 3.05) is 13.1 Å². The van der Waals surface area contributed by atoms with Gasteiger partial charge in [-0.05, 0) is 25.8 Å². The molecule has 0 aromatic carbocycles. The zero-order valence-electron chi connectivity index (χ0n) is 9.05. The first-order valence-electron chi connectivity index (χ1n) is 5.27. The highest BCUT2D eigenvalue weighted by atomic mass is 16.2. The minimum Gasteiger partial charge on any atom is -0.353 e. The molecular formula is C11H20N2O. The van der Waals surface area contributed by atoms with Crippen molar-refractivity contribution in [3.05, 3.63) is 12.7 Å². The zero-order valence-corrected chi connectivity index (χ0v) is 9.05. The van der Waals surface area contributed by atoms with Gasteiger partial charge in [-0.3, -0.25) is 4.79 Å². The topological polar surface area (TPSA) is 41.1 Å². The Kier molecular flexibility index (Phi) is 4.14. The van der Waals surface area contributed by atoms with Crippen LogP contribution in [0.3, 0.4) is 0 Å². The third-order valence-electron chi connectivity index (χ3n) is 2.76. The van der Waals surface area contributed by atoms with Gasteiger partial charge in [0.1, 0.15) is 0 Å². The van der Waals surface area contributed by atoms with Crippen LogP contribution in [-0.2, 0) is 4.79 Å². The average Bonchev–Trinajstić information content (AvgIpc) is 2.51. The Hall–Kier alpha value is -0.830. The predicted molar refractivity (Wildman–Crippen MR) is 57.9 cm³/mol. The first-order chi connectivity index (χ1) is 6.65. The molecule has 3 heteroatoms. The zero-order chi connectivity index (χ0) is 10.6. The first kappa shape index (κ1) is 11.2. The van der Waals surface area contributed by atoms with E-state index in [1.165, 1.54) is 0 Å². The molecule has 3 nitrogen and oxygen atoms in total. The Morgan fingerprint density at radius 1 is 1.71 bits per heavy atom. The van der Waals surface area contributed by atoms with E-state index in [4.69, 9.17) is 0 Å². The molecule has 2 N–H and O–H groups in total. The van der Waals surface area contributed by atoms with Crippen LogP contribution >= 0.6 is 0 Å². The summed E-state index contributed by atoms with van der Waals surface area (Å²) in [6.45, 7) is 9.54. The summed E-state index contributed by atoms with van der Waals surface area (Å²) >= 11 is 0. The van der Waals surface area contributed by atoms with Crippen LogP contribution in [0.4, 0.5) is 0 Å². The lowest BCUT2D eigenvalue weighted by Gasteiger charge is -2.17. The molecule has 1 heterocycles. The molecule has 1 rings (SSSR count). The molecule has 1 amide bonds. The monoisotopic (exact) mass is 196 g/mol. The van der Waals surface area contributed by atoms with Crippen LogP contribution in [0.2, 0.25) is 0 Å². The summed E-state index contributed by atoms with van der Waals surface area (Å²) in [5.41, 5.74) is 0. The van der Waals surface area contributed by atoms with Crippen LogP contribution in [0, 0.1) is 11.8 Å². The van der Waals surface area contributed by atoms with Gasteiger partial charge in [-0.2, -0.15) is 0 Å². The van der Waals surface area contributed by atoms with Crippen LogP contribution in [0.1, 0.15) is 20.3 Å². The molecule has 14 heavy (non-hydrogen) atoms. The Morgan fingerprint density at radius 3 is 2.93 bits per heavy atom. The quantitative estimate of drug-likeness (QED) is 0.657. The van der Waals surface area contributed by atoms with E-state index in [-0.39, 0.29) is 17.9 Å². The molecule has 0 spiro atoms. The second-order valence-corrected chi connectivity index (χ2v) is 4.18. The van der Waals surface area contributed by atoms with Crippen molar-refractivity contribution in [3.63, 3.8) is 0 Å². The second kappa shape index (κ2) is 5.15. The maximum Gasteiger partial charge on any atom is 0.224 e. The average molecular weight is 196 g/mol. The lowest BCUT2D eigenvalue weighted by atomic mass is 9.97. The van der Waals surface area contributed by atoms with Gasteiger partial charge >= 0.3 is 0 Å². The largest absolute Gasteiger partial charge is 0.353 e. The second-order valence-electron chi connectivity index (χ2n) is 4.18. The van der Waals surface area contributed by atoms with Gasteiger partial charge in [0.05, 0.1) is 5.92 Å². The fraction of sp³-hybridized carbons (Fsp3) is 0.727. The molecular weight excluding hydrogens is 176 g/mol. The Bertz CT molecular complexity index is 215. The molecule has 1 saturated heterocycles. The van der Waals surface area contributed by atoms with Crippen LogP contribution in [0.25, 0.3) is 0 Å². The molecule has 1 aliphatic heterocycles. The van der Waals surface area contributed by atoms with Crippen molar-refractivity contribution in [1.82, 2.24) is 10.6 Å². The standard InChI is InChI=1S/C11H20N2O/c1-4-5-9(3)13-11(14)10-7-12-6-8(10)2/h4,8-10,12H,1,5-7H2,2-3H3,(H,13,14). The lowest BCUT2D eigenvalue weighted by Crippen LogP contribution is -2.39. The predicted octanol–water partition coefficient (Wildman–Crippen LogP) is 0.923. The van der Waals surface area contributed by atoms with Crippen molar-refractivity contribution in [2.45, 2.75) is 26.3 Å². The minimum atomic E-state index is 0.141. The van der Waals surface area contributed by atoms with Crippen LogP contribution < -0.4 is 10.6 Å². The van der Waals surface area contributed by atoms with E-state index in [0.29, 0.717) is 5.92 Å². The molecule has 3 atom stereocenters. The molecule has 0 aliphatic carbocycles. The van der Waals surface area contributed by atoms with E-state index >= 15 is 0 Å². The number of rotatable bonds is 4. The maximum atomic E-state index is 11.8. The Labute approximate surface area is 86.0 Å². The van der Waals surface area contributed by atoms with Gasteiger partial charge < -0.3 is 10.6 Å². The third kappa shape index (κ3) is 2.84. The number of hydrogen-bond acceptors (Lipinski definition) is 2. The number of carbonyl (C=O) groups excluding carboxylic acids is 1. The first-order valence-corrected chi connectivity index (χ1v) is 5.27. The fourth-order valence-electron chi connectivity index (χ4n) is 1.82. The summed E-state index contributed by atoms with van der Waals surface area (Å²) in [6.07, 6.45) is 2.67. The van der Waals surface area contributed by atoms with Gasteiger partial charge in [-0.15, -0.1) is 6.58 Å².